The van der Waals surface area contributed by atoms with Crippen molar-refractivity contribution in [2.75, 3.05) is 0 Å². The van der Waals surface area contributed by atoms with E-state index in [9.17, 15) is 5.11 Å². The summed E-state index contributed by atoms with van der Waals surface area (Å²) in [7, 11) is 0. The zero-order valence-corrected chi connectivity index (χ0v) is 15.5. The van der Waals surface area contributed by atoms with Crippen molar-refractivity contribution in [3.8, 4) is 5.75 Å². The first-order valence-corrected chi connectivity index (χ1v) is 8.51. The quantitative estimate of drug-likeness (QED) is 0.676. The predicted molar refractivity (Wildman–Crippen MR) is 99.4 cm³/mol. The summed E-state index contributed by atoms with van der Waals surface area (Å²) in [6.45, 7) is 6.00. The number of rotatable bonds is 6. The van der Waals surface area contributed by atoms with E-state index in [-0.39, 0.29) is 5.41 Å². The highest BCUT2D eigenvalue weighted by molar-refractivity contribution is 6.35. The second kappa shape index (κ2) is 8.02. The van der Waals surface area contributed by atoms with Gasteiger partial charge in [0.1, 0.15) is 17.6 Å². The zero-order valence-electron chi connectivity index (χ0n) is 14.0. The van der Waals surface area contributed by atoms with Gasteiger partial charge in [-0.1, -0.05) is 50.0 Å². The van der Waals surface area contributed by atoms with Gasteiger partial charge in [0.15, 0.2) is 0 Å². The number of aliphatic hydroxyl groups excluding tert-OH is 1. The Bertz CT molecular complexity index is 715. The maximum absolute atomic E-state index is 10.8. The summed E-state index contributed by atoms with van der Waals surface area (Å²) in [5.74, 6) is 0.862. The van der Waals surface area contributed by atoms with Crippen LogP contribution in [0.15, 0.2) is 48.5 Å². The van der Waals surface area contributed by atoms with Crippen molar-refractivity contribution in [2.24, 2.45) is 5.41 Å². The van der Waals surface area contributed by atoms with Crippen LogP contribution in [0.1, 0.15) is 32.8 Å². The topological polar surface area (TPSA) is 42.4 Å². The third-order valence-corrected chi connectivity index (χ3v) is 4.57. The molecule has 2 aromatic rings. The predicted octanol–water partition coefficient (Wildman–Crippen LogP) is 5.61. The van der Waals surface area contributed by atoms with Crippen molar-refractivity contribution in [1.29, 1.82) is 0 Å². The van der Waals surface area contributed by atoms with Crippen molar-refractivity contribution < 1.29 is 9.84 Å². The molecule has 1 unspecified atom stereocenters. The fraction of sp³-hybridized carbons (Fsp3) is 0.316. The normalized spacial score (nSPS) is 13.7. The molecule has 1 aromatic carbocycles. The fourth-order valence-corrected chi connectivity index (χ4v) is 2.50. The summed E-state index contributed by atoms with van der Waals surface area (Å²) >= 11 is 12.1. The van der Waals surface area contributed by atoms with Crippen molar-refractivity contribution in [2.45, 2.75) is 33.3 Å². The average molecular weight is 366 g/mol. The molecular formula is C19H21Cl2NO2. The first-order chi connectivity index (χ1) is 11.3. The van der Waals surface area contributed by atoms with Crippen LogP contribution < -0.4 is 4.74 Å². The Kier molecular flexibility index (Phi) is 6.27. The maximum Gasteiger partial charge on any atom is 0.145 e. The minimum absolute atomic E-state index is 0.354. The molecular weight excluding hydrogens is 345 g/mol. The Balaban J connectivity index is 2.41. The number of pyridine rings is 1. The first kappa shape index (κ1) is 18.8. The maximum atomic E-state index is 10.8. The second-order valence-electron chi connectivity index (χ2n) is 6.25. The number of hydrogen-bond acceptors (Lipinski definition) is 3. The molecule has 2 rings (SSSR count). The molecule has 0 spiro atoms. The van der Waals surface area contributed by atoms with Crippen LogP contribution in [0.2, 0.25) is 10.0 Å². The van der Waals surface area contributed by atoms with Gasteiger partial charge >= 0.3 is 0 Å². The molecule has 0 amide bonds. The molecule has 5 heteroatoms. The Morgan fingerprint density at radius 2 is 2.08 bits per heavy atom. The molecule has 0 aliphatic carbocycles. The van der Waals surface area contributed by atoms with Crippen molar-refractivity contribution in [1.82, 2.24) is 4.98 Å². The minimum atomic E-state index is -0.797. The Hall–Kier alpha value is -1.55. The van der Waals surface area contributed by atoms with Gasteiger partial charge in [-0.05, 0) is 47.7 Å². The van der Waals surface area contributed by atoms with Crippen LogP contribution in [0.3, 0.4) is 0 Å². The van der Waals surface area contributed by atoms with Gasteiger partial charge < -0.3 is 9.84 Å². The van der Waals surface area contributed by atoms with Crippen molar-refractivity contribution in [3.63, 3.8) is 0 Å². The van der Waals surface area contributed by atoms with Gasteiger partial charge in [0.25, 0.3) is 0 Å². The van der Waals surface area contributed by atoms with Crippen LogP contribution in [0.5, 0.6) is 5.75 Å². The van der Waals surface area contributed by atoms with E-state index in [0.717, 1.165) is 12.0 Å². The number of nitrogens with zero attached hydrogens (tertiary/aromatic N) is 1. The van der Waals surface area contributed by atoms with E-state index in [1.165, 1.54) is 0 Å². The summed E-state index contributed by atoms with van der Waals surface area (Å²) < 4.78 is 5.95. The van der Waals surface area contributed by atoms with Crippen LogP contribution in [-0.4, -0.2) is 16.2 Å². The molecule has 3 nitrogen and oxygen atoms in total. The van der Waals surface area contributed by atoms with Gasteiger partial charge in [0.2, 0.25) is 0 Å². The monoisotopic (exact) mass is 365 g/mol. The van der Waals surface area contributed by atoms with E-state index in [1.54, 1.807) is 36.7 Å². The minimum Gasteiger partial charge on any atom is -0.457 e. The molecule has 128 valence electrons. The summed E-state index contributed by atoms with van der Waals surface area (Å²) in [6.07, 6.45) is 5.17. The van der Waals surface area contributed by atoms with E-state index < -0.39 is 6.10 Å². The molecule has 24 heavy (non-hydrogen) atoms. The van der Waals surface area contributed by atoms with E-state index in [4.69, 9.17) is 27.9 Å². The van der Waals surface area contributed by atoms with Gasteiger partial charge in [-0.15, -0.1) is 0 Å². The van der Waals surface area contributed by atoms with Crippen molar-refractivity contribution >= 4 is 29.3 Å². The zero-order chi connectivity index (χ0) is 17.7. The van der Waals surface area contributed by atoms with E-state index >= 15 is 0 Å². The third kappa shape index (κ3) is 4.73. The lowest BCUT2D eigenvalue weighted by Gasteiger charge is -2.31. The molecule has 0 aliphatic heterocycles. The Morgan fingerprint density at radius 1 is 1.33 bits per heavy atom. The lowest BCUT2D eigenvalue weighted by molar-refractivity contribution is 0.0496. The van der Waals surface area contributed by atoms with Crippen LogP contribution in [0, 0.1) is 5.41 Å². The highest BCUT2D eigenvalue weighted by Crippen LogP contribution is 2.34. The number of benzene rings is 1. The van der Waals surface area contributed by atoms with E-state index in [2.05, 4.69) is 4.98 Å². The molecule has 1 aromatic heterocycles. The van der Waals surface area contributed by atoms with Gasteiger partial charge in [-0.2, -0.15) is 0 Å². The Labute approximate surface area is 152 Å². The molecule has 1 atom stereocenters. The van der Waals surface area contributed by atoms with Gasteiger partial charge in [0, 0.05) is 17.4 Å². The van der Waals surface area contributed by atoms with Gasteiger partial charge in [0.05, 0.1) is 5.02 Å². The largest absolute Gasteiger partial charge is 0.457 e. The molecule has 0 radical (unpaired) electrons. The molecule has 0 bridgehead atoms. The van der Waals surface area contributed by atoms with Crippen LogP contribution in [-0.2, 0) is 0 Å². The van der Waals surface area contributed by atoms with Crippen LogP contribution >= 0.6 is 23.2 Å². The standard InChI is InChI=1S/C19H21Cl2NO2/c1-4-19(2,3)18(23)17(10-13-6-5-9-22-12-13)24-16-8-7-14(20)11-15(16)21/h5-12,18,23H,4H2,1-3H3/b17-10+. The number of hydrogen-bond donors (Lipinski definition) is 1. The van der Waals surface area contributed by atoms with Gasteiger partial charge in [-0.25, -0.2) is 0 Å². The third-order valence-electron chi connectivity index (χ3n) is 4.04. The number of ether oxygens (including phenoxy) is 1. The Morgan fingerprint density at radius 3 is 2.67 bits per heavy atom. The smallest absolute Gasteiger partial charge is 0.145 e. The van der Waals surface area contributed by atoms with Crippen LogP contribution in [0.4, 0.5) is 0 Å². The van der Waals surface area contributed by atoms with Crippen molar-refractivity contribution in [3.05, 3.63) is 64.1 Å². The molecule has 0 fully saturated rings. The lowest BCUT2D eigenvalue weighted by atomic mass is 9.82. The SMILES string of the molecule is CCC(C)(C)C(O)/C(=C\c1cccnc1)Oc1ccc(Cl)cc1Cl. The number of halogens is 2. The lowest BCUT2D eigenvalue weighted by Crippen LogP contribution is -2.32. The highest BCUT2D eigenvalue weighted by Gasteiger charge is 2.31. The molecule has 0 saturated heterocycles. The summed E-state index contributed by atoms with van der Waals surface area (Å²) in [4.78, 5) is 4.09. The summed E-state index contributed by atoms with van der Waals surface area (Å²) in [5.41, 5.74) is 0.482. The van der Waals surface area contributed by atoms with E-state index in [1.807, 2.05) is 32.9 Å². The highest BCUT2D eigenvalue weighted by atomic mass is 35.5. The van der Waals surface area contributed by atoms with Crippen LogP contribution in [0.25, 0.3) is 6.08 Å². The molecule has 1 N–H and O–H groups in total. The molecule has 0 saturated carbocycles. The average Bonchev–Trinajstić information content (AvgIpc) is 2.56. The molecule has 1 heterocycles. The number of aromatic nitrogens is 1. The summed E-state index contributed by atoms with van der Waals surface area (Å²) in [6, 6.07) is 8.72. The summed E-state index contributed by atoms with van der Waals surface area (Å²) in [5, 5.41) is 11.7. The second-order valence-corrected chi connectivity index (χ2v) is 7.10. The molecule has 0 aliphatic rings. The number of aliphatic hydroxyl groups is 1. The van der Waals surface area contributed by atoms with Gasteiger partial charge in [-0.3, -0.25) is 4.98 Å². The fourth-order valence-electron chi connectivity index (χ4n) is 2.05. The first-order valence-electron chi connectivity index (χ1n) is 7.76. The van der Waals surface area contributed by atoms with E-state index in [0.29, 0.717) is 21.6 Å².